The van der Waals surface area contributed by atoms with Crippen LogP contribution in [0, 0.1) is 12.7 Å². The first-order valence-electron chi connectivity index (χ1n) is 9.49. The smallest absolute Gasteiger partial charge is 0.244 e. The second kappa shape index (κ2) is 9.65. The van der Waals surface area contributed by atoms with Gasteiger partial charge in [0.15, 0.2) is 0 Å². The second-order valence-corrected chi connectivity index (χ2v) is 8.68. The quantitative estimate of drug-likeness (QED) is 0.580. The van der Waals surface area contributed by atoms with Crippen LogP contribution < -0.4 is 10.0 Å². The van der Waals surface area contributed by atoms with Crippen molar-refractivity contribution in [1.82, 2.24) is 10.0 Å². The topological polar surface area (TPSA) is 75.3 Å². The van der Waals surface area contributed by atoms with Gasteiger partial charge in [-0.3, -0.25) is 4.79 Å². The zero-order valence-electron chi connectivity index (χ0n) is 16.5. The summed E-state index contributed by atoms with van der Waals surface area (Å²) in [7, 11) is -4.23. The Morgan fingerprint density at radius 3 is 2.20 bits per heavy atom. The molecular formula is C23H23FN2O3S. The number of benzene rings is 3. The van der Waals surface area contributed by atoms with Crippen molar-refractivity contribution in [1.29, 1.82) is 0 Å². The fraction of sp³-hybridized carbons (Fsp3) is 0.174. The number of rotatable bonds is 8. The van der Waals surface area contributed by atoms with Gasteiger partial charge in [0.25, 0.3) is 0 Å². The van der Waals surface area contributed by atoms with E-state index in [1.807, 2.05) is 49.4 Å². The van der Waals surface area contributed by atoms with Gasteiger partial charge in [-0.25, -0.2) is 12.8 Å². The van der Waals surface area contributed by atoms with Crippen LogP contribution in [-0.4, -0.2) is 20.4 Å². The summed E-state index contributed by atoms with van der Waals surface area (Å²) >= 11 is 0. The average molecular weight is 427 g/mol. The van der Waals surface area contributed by atoms with Crippen LogP contribution in [0.25, 0.3) is 0 Å². The first kappa shape index (κ1) is 21.7. The summed E-state index contributed by atoms with van der Waals surface area (Å²) in [5.74, 6) is -1.36. The number of carbonyl (C=O) groups excluding carboxylic acids is 1. The van der Waals surface area contributed by atoms with Crippen LogP contribution in [0.3, 0.4) is 0 Å². The molecule has 0 spiro atoms. The third-order valence-electron chi connectivity index (χ3n) is 4.61. The van der Waals surface area contributed by atoms with Crippen molar-refractivity contribution in [2.75, 3.05) is 0 Å². The monoisotopic (exact) mass is 426 g/mol. The van der Waals surface area contributed by atoms with Crippen LogP contribution in [0.2, 0.25) is 0 Å². The minimum Gasteiger partial charge on any atom is -0.351 e. The zero-order valence-corrected chi connectivity index (χ0v) is 17.3. The Balaban J connectivity index is 1.79. The SMILES string of the molecule is Cc1ccc(CNC(=O)C(Cc2ccccc2)NS(=O)(=O)c2ccccc2F)cc1. The molecule has 0 saturated heterocycles. The number of halogens is 1. The lowest BCUT2D eigenvalue weighted by Crippen LogP contribution is -2.47. The fourth-order valence-corrected chi connectivity index (χ4v) is 4.24. The molecule has 0 aliphatic rings. The molecule has 7 heteroatoms. The molecule has 5 nitrogen and oxygen atoms in total. The highest BCUT2D eigenvalue weighted by Gasteiger charge is 2.27. The number of hydrogen-bond donors (Lipinski definition) is 2. The highest BCUT2D eigenvalue weighted by Crippen LogP contribution is 2.15. The molecule has 2 N–H and O–H groups in total. The molecule has 30 heavy (non-hydrogen) atoms. The molecule has 156 valence electrons. The van der Waals surface area contributed by atoms with Crippen molar-refractivity contribution >= 4 is 15.9 Å². The summed E-state index contributed by atoms with van der Waals surface area (Å²) in [5, 5.41) is 2.77. The number of sulfonamides is 1. The summed E-state index contributed by atoms with van der Waals surface area (Å²) in [5.41, 5.74) is 2.78. The van der Waals surface area contributed by atoms with Crippen LogP contribution in [0.1, 0.15) is 16.7 Å². The standard InChI is InChI=1S/C23H23FN2O3S/c1-17-11-13-19(14-12-17)16-25-23(27)21(15-18-7-3-2-4-8-18)26-30(28,29)22-10-6-5-9-20(22)24/h2-14,21,26H,15-16H2,1H3,(H,25,27). The maximum atomic E-state index is 14.0. The summed E-state index contributed by atoms with van der Waals surface area (Å²) in [6.07, 6.45) is 0.133. The predicted molar refractivity (Wildman–Crippen MR) is 114 cm³/mol. The molecule has 0 fully saturated rings. The van der Waals surface area contributed by atoms with Crippen molar-refractivity contribution in [3.05, 3.63) is 101 Å². The molecular weight excluding hydrogens is 403 g/mol. The maximum Gasteiger partial charge on any atom is 0.244 e. The summed E-state index contributed by atoms with van der Waals surface area (Å²) in [6.45, 7) is 2.22. The Morgan fingerprint density at radius 1 is 0.900 bits per heavy atom. The fourth-order valence-electron chi connectivity index (χ4n) is 2.97. The van der Waals surface area contributed by atoms with E-state index >= 15 is 0 Å². The largest absolute Gasteiger partial charge is 0.351 e. The van der Waals surface area contributed by atoms with E-state index in [-0.39, 0.29) is 13.0 Å². The van der Waals surface area contributed by atoms with Crippen molar-refractivity contribution in [2.45, 2.75) is 30.8 Å². The molecule has 0 bridgehead atoms. The molecule has 3 rings (SSSR count). The van der Waals surface area contributed by atoms with Gasteiger partial charge in [0.05, 0.1) is 0 Å². The number of aryl methyl sites for hydroxylation is 1. The molecule has 1 amide bonds. The van der Waals surface area contributed by atoms with Crippen LogP contribution in [0.4, 0.5) is 4.39 Å². The third kappa shape index (κ3) is 5.75. The summed E-state index contributed by atoms with van der Waals surface area (Å²) < 4.78 is 41.9. The Kier molecular flexibility index (Phi) is 6.97. The van der Waals surface area contributed by atoms with Crippen LogP contribution in [0.15, 0.2) is 83.8 Å². The van der Waals surface area contributed by atoms with E-state index in [4.69, 9.17) is 0 Å². The van der Waals surface area contributed by atoms with Crippen molar-refractivity contribution in [2.24, 2.45) is 0 Å². The van der Waals surface area contributed by atoms with E-state index in [1.165, 1.54) is 18.2 Å². The molecule has 0 aliphatic carbocycles. The van der Waals surface area contributed by atoms with Crippen molar-refractivity contribution in [3.63, 3.8) is 0 Å². The number of nitrogens with one attached hydrogen (secondary N) is 2. The van der Waals surface area contributed by atoms with E-state index < -0.39 is 32.7 Å². The molecule has 1 unspecified atom stereocenters. The molecule has 3 aromatic carbocycles. The van der Waals surface area contributed by atoms with Crippen LogP contribution in [-0.2, 0) is 27.8 Å². The van der Waals surface area contributed by atoms with Gasteiger partial charge >= 0.3 is 0 Å². The van der Waals surface area contributed by atoms with Gasteiger partial charge in [-0.05, 0) is 36.6 Å². The van der Waals surface area contributed by atoms with Crippen LogP contribution in [0.5, 0.6) is 0 Å². The molecule has 0 radical (unpaired) electrons. The molecule has 0 aliphatic heterocycles. The normalized spacial score (nSPS) is 12.3. The summed E-state index contributed by atoms with van der Waals surface area (Å²) in [6, 6.07) is 20.7. The molecule has 0 saturated carbocycles. The minimum absolute atomic E-state index is 0.133. The third-order valence-corrected chi connectivity index (χ3v) is 6.11. The Labute approximate surface area is 176 Å². The van der Waals surface area contributed by atoms with Gasteiger partial charge in [0.2, 0.25) is 15.9 Å². The number of amides is 1. The van der Waals surface area contributed by atoms with E-state index in [9.17, 15) is 17.6 Å². The van der Waals surface area contributed by atoms with E-state index in [2.05, 4.69) is 10.0 Å². The van der Waals surface area contributed by atoms with Crippen molar-refractivity contribution in [3.8, 4) is 0 Å². The number of carbonyl (C=O) groups is 1. The first-order chi connectivity index (χ1) is 14.3. The zero-order chi connectivity index (χ0) is 21.6. The lowest BCUT2D eigenvalue weighted by Gasteiger charge is -2.19. The Hall–Kier alpha value is -3.03. The van der Waals surface area contributed by atoms with Crippen molar-refractivity contribution < 1.29 is 17.6 Å². The minimum atomic E-state index is -4.23. The van der Waals surface area contributed by atoms with Gasteiger partial charge in [-0.15, -0.1) is 0 Å². The second-order valence-electron chi connectivity index (χ2n) is 7.00. The molecule has 0 heterocycles. The molecule has 3 aromatic rings. The maximum absolute atomic E-state index is 14.0. The highest BCUT2D eigenvalue weighted by atomic mass is 32.2. The Morgan fingerprint density at radius 2 is 1.53 bits per heavy atom. The van der Waals surface area contributed by atoms with Gasteiger partial charge in [0.1, 0.15) is 16.8 Å². The average Bonchev–Trinajstić information content (AvgIpc) is 2.73. The van der Waals surface area contributed by atoms with Gasteiger partial charge < -0.3 is 5.32 Å². The number of hydrogen-bond acceptors (Lipinski definition) is 3. The Bertz CT molecular complexity index is 1100. The lowest BCUT2D eigenvalue weighted by molar-refractivity contribution is -0.122. The van der Waals surface area contributed by atoms with E-state index in [0.29, 0.717) is 0 Å². The van der Waals surface area contributed by atoms with Crippen LogP contribution >= 0.6 is 0 Å². The van der Waals surface area contributed by atoms with Gasteiger partial charge in [-0.2, -0.15) is 4.72 Å². The first-order valence-corrected chi connectivity index (χ1v) is 11.0. The van der Waals surface area contributed by atoms with E-state index in [0.717, 1.165) is 22.8 Å². The van der Waals surface area contributed by atoms with Gasteiger partial charge in [0, 0.05) is 6.54 Å². The van der Waals surface area contributed by atoms with E-state index in [1.54, 1.807) is 12.1 Å². The predicted octanol–water partition coefficient (Wildman–Crippen LogP) is 3.34. The van der Waals surface area contributed by atoms with Gasteiger partial charge in [-0.1, -0.05) is 72.3 Å². The lowest BCUT2D eigenvalue weighted by atomic mass is 10.1. The summed E-state index contributed by atoms with van der Waals surface area (Å²) in [4.78, 5) is 12.4. The molecule has 0 aromatic heterocycles. The highest BCUT2D eigenvalue weighted by molar-refractivity contribution is 7.89. The molecule has 1 atom stereocenters.